The van der Waals surface area contributed by atoms with E-state index in [-0.39, 0.29) is 0 Å². The molecule has 92 valence electrons. The summed E-state index contributed by atoms with van der Waals surface area (Å²) in [6, 6.07) is 8.29. The average Bonchev–Trinajstić information content (AvgIpc) is 2.34. The van der Waals surface area contributed by atoms with Crippen molar-refractivity contribution in [3.8, 4) is 0 Å². The lowest BCUT2D eigenvalue weighted by molar-refractivity contribution is -0.107. The highest BCUT2D eigenvalue weighted by molar-refractivity contribution is 9.10. The van der Waals surface area contributed by atoms with Gasteiger partial charge in [-0.15, -0.1) is 0 Å². The largest absolute Gasteiger partial charge is 0.303 e. The molecule has 0 N–H and O–H groups in total. The second kappa shape index (κ2) is 14.4. The minimum Gasteiger partial charge on any atom is -0.303 e. The predicted octanol–water partition coefficient (Wildman–Crippen LogP) is 5.02. The fraction of sp³-hybridized carbons (Fsp3) is 0.500. The maximum atomic E-state index is 9.40. The molecule has 0 spiro atoms. The van der Waals surface area contributed by atoms with E-state index in [0.29, 0.717) is 6.42 Å². The molecule has 0 heterocycles. The van der Waals surface area contributed by atoms with Crippen molar-refractivity contribution in [2.45, 2.75) is 47.0 Å². The molecule has 0 aliphatic heterocycles. The molecular formula is C14H23BrO. The van der Waals surface area contributed by atoms with Gasteiger partial charge < -0.3 is 4.79 Å². The second-order valence-electron chi connectivity index (χ2n) is 2.90. The molecule has 0 saturated heterocycles. The number of aldehydes is 1. The summed E-state index contributed by atoms with van der Waals surface area (Å²) in [6.07, 6.45) is 3.71. The van der Waals surface area contributed by atoms with Crippen molar-refractivity contribution in [1.29, 1.82) is 0 Å². The van der Waals surface area contributed by atoms with Crippen LogP contribution >= 0.6 is 15.9 Å². The highest BCUT2D eigenvalue weighted by atomic mass is 79.9. The number of carbonyl (C=O) groups excluding carboxylic acids is 1. The Morgan fingerprint density at radius 3 is 2.00 bits per heavy atom. The summed E-state index contributed by atoms with van der Waals surface area (Å²) in [4.78, 5) is 9.40. The zero-order chi connectivity index (χ0) is 12.8. The highest BCUT2D eigenvalue weighted by Gasteiger charge is 1.91. The van der Waals surface area contributed by atoms with E-state index in [4.69, 9.17) is 0 Å². The number of carbonyl (C=O) groups is 1. The SMILES string of the molecule is CC.CCCC=O.CCc1ccccc1Br. The van der Waals surface area contributed by atoms with Crippen LogP contribution in [0, 0.1) is 0 Å². The number of unbranched alkanes of at least 4 members (excludes halogenated alkanes) is 1. The summed E-state index contributed by atoms with van der Waals surface area (Å²) in [6.45, 7) is 8.13. The van der Waals surface area contributed by atoms with Gasteiger partial charge in [0.15, 0.2) is 0 Å². The molecule has 0 saturated carbocycles. The Kier molecular flexibility index (Phi) is 15.9. The minimum absolute atomic E-state index is 0.708. The number of hydrogen-bond acceptors (Lipinski definition) is 1. The van der Waals surface area contributed by atoms with E-state index in [2.05, 4.69) is 41.1 Å². The van der Waals surface area contributed by atoms with Crippen LogP contribution in [0.3, 0.4) is 0 Å². The Hall–Kier alpha value is -0.630. The third kappa shape index (κ3) is 9.91. The van der Waals surface area contributed by atoms with Gasteiger partial charge in [0.25, 0.3) is 0 Å². The molecule has 0 fully saturated rings. The monoisotopic (exact) mass is 286 g/mol. The number of rotatable bonds is 3. The van der Waals surface area contributed by atoms with E-state index in [1.165, 1.54) is 10.0 Å². The summed E-state index contributed by atoms with van der Waals surface area (Å²) >= 11 is 3.46. The van der Waals surface area contributed by atoms with Crippen LogP contribution < -0.4 is 0 Å². The van der Waals surface area contributed by atoms with Gasteiger partial charge in [-0.3, -0.25) is 0 Å². The van der Waals surface area contributed by atoms with Gasteiger partial charge in [0.05, 0.1) is 0 Å². The van der Waals surface area contributed by atoms with Crippen LogP contribution in [0.5, 0.6) is 0 Å². The lowest BCUT2D eigenvalue weighted by Crippen LogP contribution is -1.78. The van der Waals surface area contributed by atoms with Gasteiger partial charge in [-0.25, -0.2) is 0 Å². The molecule has 2 heteroatoms. The third-order valence-corrected chi connectivity index (χ3v) is 2.52. The van der Waals surface area contributed by atoms with Gasteiger partial charge in [0.1, 0.15) is 6.29 Å². The van der Waals surface area contributed by atoms with E-state index in [9.17, 15) is 4.79 Å². The summed E-state index contributed by atoms with van der Waals surface area (Å²) in [5, 5.41) is 0. The molecule has 0 aliphatic rings. The molecule has 1 rings (SSSR count). The standard InChI is InChI=1S/C8H9Br.C4H8O.C2H6/c1-2-7-5-3-4-6-8(7)9;1-2-3-4-5;1-2/h3-6H,2H2,1H3;4H,2-3H2,1H3;1-2H3. The van der Waals surface area contributed by atoms with E-state index >= 15 is 0 Å². The Labute approximate surface area is 108 Å². The first-order chi connectivity index (χ1) is 7.76. The van der Waals surface area contributed by atoms with Crippen LogP contribution in [0.4, 0.5) is 0 Å². The highest BCUT2D eigenvalue weighted by Crippen LogP contribution is 2.15. The maximum Gasteiger partial charge on any atom is 0.119 e. The summed E-state index contributed by atoms with van der Waals surface area (Å²) in [5.41, 5.74) is 1.37. The summed E-state index contributed by atoms with van der Waals surface area (Å²) in [5.74, 6) is 0. The molecule has 0 amide bonds. The Balaban J connectivity index is 0. The van der Waals surface area contributed by atoms with Gasteiger partial charge in [-0.1, -0.05) is 61.8 Å². The van der Waals surface area contributed by atoms with Crippen LogP contribution in [0.25, 0.3) is 0 Å². The molecule has 0 aliphatic carbocycles. The molecule has 0 aromatic heterocycles. The van der Waals surface area contributed by atoms with E-state index in [1.807, 2.05) is 26.8 Å². The molecule has 0 radical (unpaired) electrons. The number of aryl methyl sites for hydroxylation is 1. The van der Waals surface area contributed by atoms with Crippen molar-refractivity contribution >= 4 is 22.2 Å². The zero-order valence-corrected chi connectivity index (χ0v) is 12.4. The number of halogens is 1. The average molecular weight is 287 g/mol. The lowest BCUT2D eigenvalue weighted by atomic mass is 10.2. The van der Waals surface area contributed by atoms with Crippen molar-refractivity contribution in [1.82, 2.24) is 0 Å². The minimum atomic E-state index is 0.708. The molecule has 1 aromatic rings. The Morgan fingerprint density at radius 2 is 1.75 bits per heavy atom. The van der Waals surface area contributed by atoms with Crippen molar-refractivity contribution in [2.75, 3.05) is 0 Å². The first kappa shape index (κ1) is 17.8. The lowest BCUT2D eigenvalue weighted by Gasteiger charge is -1.96. The topological polar surface area (TPSA) is 17.1 Å². The smallest absolute Gasteiger partial charge is 0.119 e. The van der Waals surface area contributed by atoms with Crippen molar-refractivity contribution < 1.29 is 4.79 Å². The Morgan fingerprint density at radius 1 is 1.19 bits per heavy atom. The second-order valence-corrected chi connectivity index (χ2v) is 3.75. The van der Waals surface area contributed by atoms with Crippen molar-refractivity contribution in [3.05, 3.63) is 34.3 Å². The van der Waals surface area contributed by atoms with E-state index in [0.717, 1.165) is 19.1 Å². The van der Waals surface area contributed by atoms with Crippen LogP contribution in [0.1, 0.15) is 46.1 Å². The quantitative estimate of drug-likeness (QED) is 0.713. The zero-order valence-electron chi connectivity index (χ0n) is 10.8. The number of benzene rings is 1. The van der Waals surface area contributed by atoms with Crippen molar-refractivity contribution in [2.24, 2.45) is 0 Å². The van der Waals surface area contributed by atoms with Gasteiger partial charge in [-0.05, 0) is 24.5 Å². The predicted molar refractivity (Wildman–Crippen MR) is 75.8 cm³/mol. The normalized spacial score (nSPS) is 8.06. The first-order valence-electron chi connectivity index (χ1n) is 5.93. The summed E-state index contributed by atoms with van der Waals surface area (Å²) < 4.78 is 1.22. The third-order valence-electron chi connectivity index (χ3n) is 1.75. The number of hydrogen-bond donors (Lipinski definition) is 0. The van der Waals surface area contributed by atoms with Gasteiger partial charge in [0.2, 0.25) is 0 Å². The van der Waals surface area contributed by atoms with E-state index < -0.39 is 0 Å². The van der Waals surface area contributed by atoms with Crippen LogP contribution in [-0.4, -0.2) is 6.29 Å². The molecule has 0 bridgehead atoms. The van der Waals surface area contributed by atoms with Crippen LogP contribution in [-0.2, 0) is 11.2 Å². The van der Waals surface area contributed by atoms with Gasteiger partial charge in [-0.2, -0.15) is 0 Å². The first-order valence-corrected chi connectivity index (χ1v) is 6.72. The molecular weight excluding hydrogens is 264 g/mol. The fourth-order valence-electron chi connectivity index (χ4n) is 0.903. The van der Waals surface area contributed by atoms with Crippen molar-refractivity contribution in [3.63, 3.8) is 0 Å². The molecule has 0 atom stereocenters. The molecule has 1 nitrogen and oxygen atoms in total. The fourth-order valence-corrected chi connectivity index (χ4v) is 1.47. The Bertz CT molecular complexity index is 259. The molecule has 16 heavy (non-hydrogen) atoms. The molecule has 0 unspecified atom stereocenters. The van der Waals surface area contributed by atoms with Gasteiger partial charge in [0, 0.05) is 10.9 Å². The van der Waals surface area contributed by atoms with Gasteiger partial charge >= 0.3 is 0 Å². The maximum absolute atomic E-state index is 9.40. The van der Waals surface area contributed by atoms with Crippen LogP contribution in [0.2, 0.25) is 0 Å². The summed E-state index contributed by atoms with van der Waals surface area (Å²) in [7, 11) is 0. The van der Waals surface area contributed by atoms with Crippen LogP contribution in [0.15, 0.2) is 28.7 Å². The molecule has 1 aromatic carbocycles. The van der Waals surface area contributed by atoms with E-state index in [1.54, 1.807) is 0 Å².